The van der Waals surface area contributed by atoms with E-state index in [9.17, 15) is 28.0 Å². The maximum absolute atomic E-state index is 13.0. The van der Waals surface area contributed by atoms with Gasteiger partial charge in [0.1, 0.15) is 11.6 Å². The minimum absolute atomic E-state index is 0.0548. The molecule has 0 radical (unpaired) electrons. The van der Waals surface area contributed by atoms with E-state index in [4.69, 9.17) is 23.2 Å². The number of fused-ring (bicyclic) bond motifs is 2. The third-order valence-corrected chi connectivity index (χ3v) is 4.31. The number of benzene rings is 2. The van der Waals surface area contributed by atoms with Gasteiger partial charge in [-0.2, -0.15) is 0 Å². The van der Waals surface area contributed by atoms with Gasteiger partial charge in [0, 0.05) is 0 Å². The van der Waals surface area contributed by atoms with Crippen molar-refractivity contribution in [1.82, 2.24) is 0 Å². The molecule has 2 aliphatic rings. The standard InChI is InChI=1S/C9H4F2O2.C8H2Cl2O3/c10-4-1-2-5(11)9-7(13)3-6(12)8(4)9;9-3-1-2-4(10)6-5(3)7(11)13-8(6)12/h1-2H,3H2;1-2H. The molecule has 2 aromatic carbocycles. The van der Waals surface area contributed by atoms with Crippen LogP contribution in [0.15, 0.2) is 24.3 Å². The first-order valence-electron chi connectivity index (χ1n) is 7.01. The number of cyclic esters (lactones) is 2. The summed E-state index contributed by atoms with van der Waals surface area (Å²) in [5, 5.41) is 0.352. The highest BCUT2D eigenvalue weighted by Gasteiger charge is 2.34. The third kappa shape index (κ3) is 2.89. The Bertz CT molecular complexity index is 857. The molecule has 0 saturated heterocycles. The van der Waals surface area contributed by atoms with E-state index in [1.165, 1.54) is 12.1 Å². The second-order valence-electron chi connectivity index (χ2n) is 5.26. The van der Waals surface area contributed by atoms with Crippen molar-refractivity contribution in [2.45, 2.75) is 6.42 Å². The monoisotopic (exact) mass is 398 g/mol. The highest BCUT2D eigenvalue weighted by molar-refractivity contribution is 6.40. The molecule has 0 N–H and O–H groups in total. The average molecular weight is 399 g/mol. The quantitative estimate of drug-likeness (QED) is 0.494. The van der Waals surface area contributed by atoms with Gasteiger partial charge in [0.15, 0.2) is 11.6 Å². The maximum Gasteiger partial charge on any atom is 0.348 e. The molecule has 5 nitrogen and oxygen atoms in total. The maximum atomic E-state index is 13.0. The van der Waals surface area contributed by atoms with Crippen LogP contribution in [0.25, 0.3) is 0 Å². The summed E-state index contributed by atoms with van der Waals surface area (Å²) in [4.78, 5) is 44.2. The molecule has 2 aromatic rings. The van der Waals surface area contributed by atoms with Crippen molar-refractivity contribution in [2.24, 2.45) is 0 Å². The van der Waals surface area contributed by atoms with Crippen LogP contribution in [0.4, 0.5) is 8.78 Å². The molecule has 26 heavy (non-hydrogen) atoms. The van der Waals surface area contributed by atoms with Gasteiger partial charge in [-0.05, 0) is 24.3 Å². The van der Waals surface area contributed by atoms with E-state index in [0.717, 1.165) is 12.1 Å². The number of carbonyl (C=O) groups excluding carboxylic acids is 4. The molecule has 0 aromatic heterocycles. The number of carbonyl (C=O) groups is 4. The minimum atomic E-state index is -0.827. The molecule has 0 fully saturated rings. The lowest BCUT2D eigenvalue weighted by Crippen LogP contribution is -1.98. The average Bonchev–Trinajstić information content (AvgIpc) is 3.05. The van der Waals surface area contributed by atoms with E-state index in [1.807, 2.05) is 0 Å². The summed E-state index contributed by atoms with van der Waals surface area (Å²) in [6.07, 6.45) is -0.423. The largest absolute Gasteiger partial charge is 0.386 e. The van der Waals surface area contributed by atoms with Crippen molar-refractivity contribution in [3.05, 3.63) is 68.2 Å². The van der Waals surface area contributed by atoms with Crippen molar-refractivity contribution in [3.8, 4) is 0 Å². The van der Waals surface area contributed by atoms with Gasteiger partial charge in [0.2, 0.25) is 0 Å². The Balaban J connectivity index is 0.000000151. The van der Waals surface area contributed by atoms with Crippen molar-refractivity contribution in [3.63, 3.8) is 0 Å². The molecular formula is C17H6Cl2F2O5. The van der Waals surface area contributed by atoms with E-state index in [1.54, 1.807) is 0 Å². The molecule has 0 bridgehead atoms. The van der Waals surface area contributed by atoms with Crippen LogP contribution < -0.4 is 0 Å². The van der Waals surface area contributed by atoms with Gasteiger partial charge in [-0.1, -0.05) is 23.2 Å². The number of hydrogen-bond acceptors (Lipinski definition) is 5. The lowest BCUT2D eigenvalue weighted by Gasteiger charge is -1.98. The Kier molecular flexibility index (Phi) is 4.60. The number of ether oxygens (including phenoxy) is 1. The molecule has 132 valence electrons. The fourth-order valence-electron chi connectivity index (χ4n) is 2.56. The third-order valence-electron chi connectivity index (χ3n) is 3.68. The molecule has 1 aliphatic heterocycles. The zero-order valence-corrected chi connectivity index (χ0v) is 14.1. The first kappa shape index (κ1) is 18.2. The van der Waals surface area contributed by atoms with E-state index < -0.39 is 52.7 Å². The number of Topliss-reactive ketones (excluding diaryl/α,β-unsaturated/α-hetero) is 2. The van der Waals surface area contributed by atoms with Gasteiger partial charge in [-0.3, -0.25) is 9.59 Å². The van der Waals surface area contributed by atoms with Crippen molar-refractivity contribution in [2.75, 3.05) is 0 Å². The summed E-state index contributed by atoms with van der Waals surface area (Å²) in [7, 11) is 0. The van der Waals surface area contributed by atoms with Crippen LogP contribution in [0.2, 0.25) is 10.0 Å². The van der Waals surface area contributed by atoms with Crippen molar-refractivity contribution < 1.29 is 32.7 Å². The fraction of sp³-hybridized carbons (Fsp3) is 0.0588. The number of hydrogen-bond donors (Lipinski definition) is 0. The van der Waals surface area contributed by atoms with E-state index in [-0.39, 0.29) is 21.2 Å². The summed E-state index contributed by atoms with van der Waals surface area (Å²) in [6.45, 7) is 0. The predicted molar refractivity (Wildman–Crippen MR) is 85.8 cm³/mol. The van der Waals surface area contributed by atoms with Crippen LogP contribution in [0.5, 0.6) is 0 Å². The van der Waals surface area contributed by atoms with Gasteiger partial charge in [-0.15, -0.1) is 0 Å². The molecule has 0 atom stereocenters. The molecule has 1 heterocycles. The Morgan fingerprint density at radius 2 is 1.08 bits per heavy atom. The molecule has 0 unspecified atom stereocenters. The lowest BCUT2D eigenvalue weighted by atomic mass is 10.1. The SMILES string of the molecule is O=C1CC(=O)c2c(F)ccc(F)c21.O=C1OC(=O)c2c(Cl)ccc(Cl)c21. The van der Waals surface area contributed by atoms with Crippen LogP contribution in [0, 0.1) is 11.6 Å². The summed E-state index contributed by atoms with van der Waals surface area (Å²) >= 11 is 11.4. The Morgan fingerprint density at radius 3 is 1.46 bits per heavy atom. The van der Waals surface area contributed by atoms with Crippen LogP contribution in [-0.2, 0) is 4.74 Å². The predicted octanol–water partition coefficient (Wildman–Crippen LogP) is 4.04. The second-order valence-corrected chi connectivity index (χ2v) is 6.07. The Morgan fingerprint density at radius 1 is 0.692 bits per heavy atom. The van der Waals surface area contributed by atoms with Gasteiger partial charge in [0.25, 0.3) is 0 Å². The highest BCUT2D eigenvalue weighted by Crippen LogP contribution is 2.32. The number of ketones is 2. The molecule has 9 heteroatoms. The minimum Gasteiger partial charge on any atom is -0.386 e. The van der Waals surface area contributed by atoms with Crippen LogP contribution in [-0.4, -0.2) is 23.5 Å². The number of esters is 2. The van der Waals surface area contributed by atoms with Gasteiger partial charge in [0.05, 0.1) is 38.7 Å². The number of rotatable bonds is 0. The van der Waals surface area contributed by atoms with E-state index in [0.29, 0.717) is 0 Å². The summed E-state index contributed by atoms with van der Waals surface area (Å²) in [6, 6.07) is 4.60. The first-order chi connectivity index (χ1) is 12.2. The first-order valence-corrected chi connectivity index (χ1v) is 7.77. The smallest absolute Gasteiger partial charge is 0.348 e. The Hall–Kier alpha value is -2.64. The van der Waals surface area contributed by atoms with Crippen molar-refractivity contribution in [1.29, 1.82) is 0 Å². The normalized spacial score (nSPS) is 14.6. The topological polar surface area (TPSA) is 77.5 Å². The molecule has 0 amide bonds. The molecule has 4 rings (SSSR count). The van der Waals surface area contributed by atoms with E-state index >= 15 is 0 Å². The molecular weight excluding hydrogens is 393 g/mol. The van der Waals surface area contributed by atoms with Gasteiger partial charge >= 0.3 is 11.9 Å². The molecule has 0 spiro atoms. The second kappa shape index (κ2) is 6.59. The fourth-order valence-corrected chi connectivity index (χ4v) is 3.03. The number of halogens is 4. The van der Waals surface area contributed by atoms with Gasteiger partial charge in [-0.25, -0.2) is 18.4 Å². The summed E-state index contributed by atoms with van der Waals surface area (Å²) < 4.78 is 30.3. The molecule has 0 saturated carbocycles. The van der Waals surface area contributed by atoms with Crippen LogP contribution >= 0.6 is 23.2 Å². The van der Waals surface area contributed by atoms with Gasteiger partial charge < -0.3 is 4.74 Å². The molecule has 1 aliphatic carbocycles. The zero-order valence-electron chi connectivity index (χ0n) is 12.6. The highest BCUT2D eigenvalue weighted by atomic mass is 35.5. The summed E-state index contributed by atoms with van der Waals surface area (Å²) in [5.74, 6) is -4.42. The summed E-state index contributed by atoms with van der Waals surface area (Å²) in [5.41, 5.74) is -0.687. The van der Waals surface area contributed by atoms with Crippen LogP contribution in [0.1, 0.15) is 47.9 Å². The Labute approximate surface area is 154 Å². The van der Waals surface area contributed by atoms with Crippen LogP contribution in [0.3, 0.4) is 0 Å². The van der Waals surface area contributed by atoms with E-state index in [2.05, 4.69) is 4.74 Å². The van der Waals surface area contributed by atoms with Crippen molar-refractivity contribution >= 4 is 46.7 Å². The zero-order chi connectivity index (χ0) is 19.2. The lowest BCUT2D eigenvalue weighted by molar-refractivity contribution is 0.0443.